The second kappa shape index (κ2) is 5.55. The molecule has 0 aromatic rings. The van der Waals surface area contributed by atoms with Gasteiger partial charge in [0.2, 0.25) is 5.91 Å². The first-order valence-corrected chi connectivity index (χ1v) is 6.69. The Bertz CT molecular complexity index is 321. The lowest BCUT2D eigenvalue weighted by molar-refractivity contribution is -0.133. The molecule has 0 radical (unpaired) electrons. The number of nitrogens with one attached hydrogen (secondary N) is 1. The van der Waals surface area contributed by atoms with Crippen LogP contribution in [-0.4, -0.2) is 36.0 Å². The van der Waals surface area contributed by atoms with E-state index in [4.69, 9.17) is 6.42 Å². The van der Waals surface area contributed by atoms with E-state index in [0.29, 0.717) is 30.3 Å². The maximum absolute atomic E-state index is 12.2. The van der Waals surface area contributed by atoms with Gasteiger partial charge in [-0.1, -0.05) is 0 Å². The molecule has 17 heavy (non-hydrogen) atoms. The highest BCUT2D eigenvalue weighted by atomic mass is 16.2. The molecule has 0 spiro atoms. The Kier molecular flexibility index (Phi) is 4.06. The molecule has 3 atom stereocenters. The van der Waals surface area contributed by atoms with Crippen LogP contribution in [0.3, 0.4) is 0 Å². The summed E-state index contributed by atoms with van der Waals surface area (Å²) >= 11 is 0. The van der Waals surface area contributed by atoms with Crippen molar-refractivity contribution in [1.29, 1.82) is 0 Å². The van der Waals surface area contributed by atoms with Crippen LogP contribution in [0.2, 0.25) is 0 Å². The summed E-state index contributed by atoms with van der Waals surface area (Å²) in [5.41, 5.74) is 0. The smallest absolute Gasteiger partial charge is 0.223 e. The van der Waals surface area contributed by atoms with Crippen molar-refractivity contribution in [2.75, 3.05) is 13.1 Å². The van der Waals surface area contributed by atoms with Gasteiger partial charge in [-0.15, -0.1) is 12.3 Å². The van der Waals surface area contributed by atoms with E-state index in [2.05, 4.69) is 23.1 Å². The lowest BCUT2D eigenvalue weighted by Gasteiger charge is -2.27. The minimum Gasteiger partial charge on any atom is -0.335 e. The van der Waals surface area contributed by atoms with Crippen molar-refractivity contribution in [3.63, 3.8) is 0 Å². The van der Waals surface area contributed by atoms with E-state index in [1.165, 1.54) is 0 Å². The summed E-state index contributed by atoms with van der Waals surface area (Å²) in [5, 5.41) is 3.39. The zero-order valence-corrected chi connectivity index (χ0v) is 10.6. The lowest BCUT2D eigenvalue weighted by atomic mass is 10.0. The van der Waals surface area contributed by atoms with E-state index >= 15 is 0 Å². The largest absolute Gasteiger partial charge is 0.335 e. The van der Waals surface area contributed by atoms with Gasteiger partial charge in [-0.25, -0.2) is 0 Å². The summed E-state index contributed by atoms with van der Waals surface area (Å²) in [6, 6.07) is 0.873. The van der Waals surface area contributed by atoms with Crippen LogP contribution in [0, 0.1) is 18.3 Å². The first kappa shape index (κ1) is 12.4. The monoisotopic (exact) mass is 234 g/mol. The molecule has 2 saturated heterocycles. The number of hydrogen-bond acceptors (Lipinski definition) is 2. The lowest BCUT2D eigenvalue weighted by Crippen LogP contribution is -2.42. The number of amides is 1. The number of terminal acetylenes is 1. The Balaban J connectivity index is 1.84. The Hall–Kier alpha value is -1.01. The van der Waals surface area contributed by atoms with Crippen LogP contribution >= 0.6 is 0 Å². The maximum atomic E-state index is 12.2. The van der Waals surface area contributed by atoms with Crippen LogP contribution in [0.1, 0.15) is 39.0 Å². The third kappa shape index (κ3) is 2.63. The zero-order valence-electron chi connectivity index (χ0n) is 10.6. The first-order chi connectivity index (χ1) is 8.24. The van der Waals surface area contributed by atoms with Crippen molar-refractivity contribution in [1.82, 2.24) is 10.2 Å². The molecule has 2 rings (SSSR count). The fourth-order valence-electron chi connectivity index (χ4n) is 3.23. The molecule has 94 valence electrons. The topological polar surface area (TPSA) is 32.3 Å². The number of rotatable bonds is 4. The van der Waals surface area contributed by atoms with E-state index in [1.807, 2.05) is 0 Å². The van der Waals surface area contributed by atoms with Gasteiger partial charge in [0.1, 0.15) is 0 Å². The van der Waals surface area contributed by atoms with Gasteiger partial charge in [-0.05, 0) is 32.1 Å². The van der Waals surface area contributed by atoms with Crippen LogP contribution < -0.4 is 5.32 Å². The molecule has 0 aromatic heterocycles. The molecule has 2 aliphatic heterocycles. The predicted molar refractivity (Wildman–Crippen MR) is 68.4 cm³/mol. The Labute approximate surface area is 104 Å². The van der Waals surface area contributed by atoms with E-state index in [1.54, 1.807) is 0 Å². The molecule has 0 bridgehead atoms. The highest BCUT2D eigenvalue weighted by Gasteiger charge is 2.43. The van der Waals surface area contributed by atoms with Crippen LogP contribution in [0.5, 0.6) is 0 Å². The molecular formula is C14H22N2O. The Morgan fingerprint density at radius 3 is 3.06 bits per heavy atom. The molecule has 2 fully saturated rings. The van der Waals surface area contributed by atoms with Gasteiger partial charge in [0.25, 0.3) is 0 Å². The van der Waals surface area contributed by atoms with Crippen molar-refractivity contribution in [3.05, 3.63) is 0 Å². The maximum Gasteiger partial charge on any atom is 0.223 e. The van der Waals surface area contributed by atoms with Crippen LogP contribution in [-0.2, 0) is 4.79 Å². The third-order valence-electron chi connectivity index (χ3n) is 4.03. The highest BCUT2D eigenvalue weighted by Crippen LogP contribution is 2.32. The average Bonchev–Trinajstić information content (AvgIpc) is 2.83. The van der Waals surface area contributed by atoms with E-state index in [-0.39, 0.29) is 0 Å². The number of unbranched alkanes of at least 4 members (excludes halogenated alkanes) is 2. The Morgan fingerprint density at radius 1 is 1.47 bits per heavy atom. The molecule has 1 amide bonds. The van der Waals surface area contributed by atoms with Crippen molar-refractivity contribution in [3.8, 4) is 12.3 Å². The zero-order chi connectivity index (χ0) is 12.3. The fraction of sp³-hybridized carbons (Fsp3) is 0.786. The van der Waals surface area contributed by atoms with Crippen LogP contribution in [0.25, 0.3) is 0 Å². The van der Waals surface area contributed by atoms with Gasteiger partial charge in [0, 0.05) is 38.0 Å². The van der Waals surface area contributed by atoms with Gasteiger partial charge < -0.3 is 10.2 Å². The van der Waals surface area contributed by atoms with Gasteiger partial charge in [-0.3, -0.25) is 4.79 Å². The summed E-state index contributed by atoms with van der Waals surface area (Å²) < 4.78 is 0. The minimum absolute atomic E-state index is 0.325. The van der Waals surface area contributed by atoms with Crippen molar-refractivity contribution >= 4 is 5.91 Å². The van der Waals surface area contributed by atoms with Crippen molar-refractivity contribution < 1.29 is 4.79 Å². The second-order valence-corrected chi connectivity index (χ2v) is 5.28. The molecule has 3 heteroatoms. The SMILES string of the molecule is C#CCCCCC(=O)N1C(C)CC2CNCC21. The van der Waals surface area contributed by atoms with Crippen molar-refractivity contribution in [2.24, 2.45) is 5.92 Å². The van der Waals surface area contributed by atoms with E-state index in [9.17, 15) is 4.79 Å². The summed E-state index contributed by atoms with van der Waals surface area (Å²) in [5.74, 6) is 3.63. The number of fused-ring (bicyclic) bond motifs is 1. The highest BCUT2D eigenvalue weighted by molar-refractivity contribution is 5.77. The summed E-state index contributed by atoms with van der Waals surface area (Å²) in [6.07, 6.45) is 9.71. The van der Waals surface area contributed by atoms with Gasteiger partial charge >= 0.3 is 0 Å². The molecule has 0 saturated carbocycles. The molecule has 3 nitrogen and oxygen atoms in total. The summed E-state index contributed by atoms with van der Waals surface area (Å²) in [7, 11) is 0. The molecule has 2 heterocycles. The second-order valence-electron chi connectivity index (χ2n) is 5.28. The minimum atomic E-state index is 0.325. The summed E-state index contributed by atoms with van der Waals surface area (Å²) in [4.78, 5) is 14.3. The molecular weight excluding hydrogens is 212 g/mol. The quantitative estimate of drug-likeness (QED) is 0.589. The molecule has 0 aromatic carbocycles. The fourth-order valence-corrected chi connectivity index (χ4v) is 3.23. The standard InChI is InChI=1S/C14H22N2O/c1-3-4-5-6-7-14(17)16-11(2)8-12-9-15-10-13(12)16/h1,11-13,15H,4-10H2,2H3. The van der Waals surface area contributed by atoms with Gasteiger partial charge in [0.05, 0.1) is 0 Å². The van der Waals surface area contributed by atoms with Crippen molar-refractivity contribution in [2.45, 2.75) is 51.1 Å². The molecule has 3 unspecified atom stereocenters. The first-order valence-electron chi connectivity index (χ1n) is 6.69. The number of hydrogen-bond donors (Lipinski definition) is 1. The molecule has 1 N–H and O–H groups in total. The van der Waals surface area contributed by atoms with E-state index in [0.717, 1.165) is 38.8 Å². The average molecular weight is 234 g/mol. The predicted octanol–water partition coefficient (Wildman–Crippen LogP) is 1.39. The molecule has 0 aliphatic carbocycles. The van der Waals surface area contributed by atoms with Gasteiger partial charge in [-0.2, -0.15) is 0 Å². The number of carbonyl (C=O) groups is 1. The van der Waals surface area contributed by atoms with Crippen LogP contribution in [0.15, 0.2) is 0 Å². The normalized spacial score (nSPS) is 31.3. The number of carbonyl (C=O) groups excluding carboxylic acids is 1. The summed E-state index contributed by atoms with van der Waals surface area (Å²) in [6.45, 7) is 4.23. The Morgan fingerprint density at radius 2 is 2.29 bits per heavy atom. The van der Waals surface area contributed by atoms with Gasteiger partial charge in [0.15, 0.2) is 0 Å². The van der Waals surface area contributed by atoms with Crippen LogP contribution in [0.4, 0.5) is 0 Å². The van der Waals surface area contributed by atoms with E-state index < -0.39 is 0 Å². The number of nitrogens with zero attached hydrogens (tertiary/aromatic N) is 1. The molecule has 2 aliphatic rings. The third-order valence-corrected chi connectivity index (χ3v) is 4.03. The number of likely N-dealkylation sites (tertiary alicyclic amines) is 1.